The number of halogens is 6. The third-order valence-corrected chi connectivity index (χ3v) is 5.97. The maximum Gasteiger partial charge on any atom is 0.417 e. The molecule has 1 fully saturated rings. The number of carboxylic acid groups (broad SMARTS) is 1. The van der Waals surface area contributed by atoms with Gasteiger partial charge in [0.15, 0.2) is 11.6 Å². The number of carbonyl (C=O) groups is 2. The molecule has 2 N–H and O–H groups in total. The van der Waals surface area contributed by atoms with Crippen molar-refractivity contribution >= 4 is 29.3 Å². The van der Waals surface area contributed by atoms with Gasteiger partial charge in [-0.2, -0.15) is 13.2 Å². The maximum absolute atomic E-state index is 14.9. The molecule has 1 saturated heterocycles. The van der Waals surface area contributed by atoms with Crippen molar-refractivity contribution in [3.05, 3.63) is 90.7 Å². The van der Waals surface area contributed by atoms with E-state index in [4.69, 9.17) is 11.6 Å². The van der Waals surface area contributed by atoms with Crippen LogP contribution in [-0.2, 0) is 12.7 Å². The van der Waals surface area contributed by atoms with Gasteiger partial charge in [0.1, 0.15) is 11.3 Å². The van der Waals surface area contributed by atoms with E-state index in [2.05, 4.69) is 5.32 Å². The molecule has 0 radical (unpaired) electrons. The van der Waals surface area contributed by atoms with Crippen LogP contribution < -0.4 is 21.5 Å². The van der Waals surface area contributed by atoms with Crippen molar-refractivity contribution in [3.63, 3.8) is 0 Å². The van der Waals surface area contributed by atoms with Crippen LogP contribution in [0.4, 0.5) is 32.4 Å². The Morgan fingerprint density at radius 3 is 2.30 bits per heavy atom. The number of alkyl halides is 3. The van der Waals surface area contributed by atoms with Crippen LogP contribution >= 0.6 is 11.6 Å². The molecular formula is C22H14ClF5N4O5. The molecule has 1 aliphatic rings. The van der Waals surface area contributed by atoms with E-state index in [0.29, 0.717) is 29.0 Å². The summed E-state index contributed by atoms with van der Waals surface area (Å²) in [6, 6.07) is 3.27. The van der Waals surface area contributed by atoms with Crippen LogP contribution in [0.5, 0.6) is 0 Å². The zero-order chi connectivity index (χ0) is 27.2. The molecule has 194 valence electrons. The summed E-state index contributed by atoms with van der Waals surface area (Å²) in [5.74, 6) is -4.35. The van der Waals surface area contributed by atoms with E-state index in [1.807, 2.05) is 0 Å². The smallest absolute Gasteiger partial charge is 0.417 e. The Kier molecular flexibility index (Phi) is 6.54. The van der Waals surface area contributed by atoms with E-state index in [0.717, 1.165) is 17.0 Å². The molecule has 3 aromatic rings. The number of anilines is 1. The quantitative estimate of drug-likeness (QED) is 0.479. The molecule has 0 atom stereocenters. The Hall–Kier alpha value is -4.20. The molecular weight excluding hydrogens is 531 g/mol. The number of carboxylic acids is 1. The van der Waals surface area contributed by atoms with Crippen LogP contribution in [0.25, 0.3) is 5.69 Å². The molecule has 0 bridgehead atoms. The molecule has 0 aliphatic carbocycles. The topological polar surface area (TPSA) is 114 Å². The fraction of sp³-hybridized carbons (Fsp3) is 0.182. The predicted octanol–water partition coefficient (Wildman–Crippen LogP) is 3.23. The number of amides is 2. The zero-order valence-electron chi connectivity index (χ0n) is 18.3. The average molecular weight is 545 g/mol. The van der Waals surface area contributed by atoms with Crippen LogP contribution in [0, 0.1) is 11.6 Å². The second-order valence-electron chi connectivity index (χ2n) is 7.81. The molecule has 0 unspecified atom stereocenters. The lowest BCUT2D eigenvalue weighted by atomic mass is 10.1. The van der Waals surface area contributed by atoms with Crippen molar-refractivity contribution in [1.29, 1.82) is 0 Å². The van der Waals surface area contributed by atoms with Gasteiger partial charge in [0.2, 0.25) is 0 Å². The van der Waals surface area contributed by atoms with Gasteiger partial charge in [-0.1, -0.05) is 23.7 Å². The fourth-order valence-corrected chi connectivity index (χ4v) is 4.09. The van der Waals surface area contributed by atoms with Crippen molar-refractivity contribution in [2.24, 2.45) is 0 Å². The van der Waals surface area contributed by atoms with Gasteiger partial charge in [-0.15, -0.1) is 0 Å². The first-order chi connectivity index (χ1) is 17.3. The molecule has 37 heavy (non-hydrogen) atoms. The van der Waals surface area contributed by atoms with Gasteiger partial charge in [0.05, 0.1) is 22.8 Å². The number of aromatic nitrogens is 2. The fourth-order valence-electron chi connectivity index (χ4n) is 3.80. The van der Waals surface area contributed by atoms with Crippen molar-refractivity contribution in [1.82, 2.24) is 14.5 Å². The summed E-state index contributed by atoms with van der Waals surface area (Å²) in [6.45, 7) is -0.791. The third-order valence-electron chi connectivity index (χ3n) is 5.52. The SMILES string of the molecule is O=C(O)c1cn(-c2cc(F)c(N3CCNC3=O)c(F)c2)c(=O)n(Cc2cccc(C(F)(F)F)c2Cl)c1=O. The van der Waals surface area contributed by atoms with E-state index < -0.39 is 75.1 Å². The second kappa shape index (κ2) is 9.35. The molecule has 4 rings (SSSR count). The predicted molar refractivity (Wildman–Crippen MR) is 119 cm³/mol. The number of nitrogens with one attached hydrogen (secondary N) is 1. The Balaban J connectivity index is 1.89. The van der Waals surface area contributed by atoms with E-state index in [-0.39, 0.29) is 23.2 Å². The largest absolute Gasteiger partial charge is 0.477 e. The van der Waals surface area contributed by atoms with Gasteiger partial charge < -0.3 is 10.4 Å². The maximum atomic E-state index is 14.9. The number of carbonyl (C=O) groups excluding carboxylic acids is 1. The van der Waals surface area contributed by atoms with Gasteiger partial charge in [-0.3, -0.25) is 18.8 Å². The first kappa shape index (κ1) is 25.9. The minimum absolute atomic E-state index is 0.0439. The number of benzene rings is 2. The Labute approximate surface area is 207 Å². The van der Waals surface area contributed by atoms with E-state index in [1.165, 1.54) is 0 Å². The number of nitrogens with zero attached hydrogens (tertiary/aromatic N) is 3. The van der Waals surface area contributed by atoms with E-state index in [9.17, 15) is 46.2 Å². The highest BCUT2D eigenvalue weighted by Gasteiger charge is 2.34. The highest BCUT2D eigenvalue weighted by Crippen LogP contribution is 2.36. The minimum Gasteiger partial charge on any atom is -0.477 e. The lowest BCUT2D eigenvalue weighted by Gasteiger charge is -2.18. The summed E-state index contributed by atoms with van der Waals surface area (Å²) in [6.07, 6.45) is -4.32. The van der Waals surface area contributed by atoms with Crippen LogP contribution in [0.3, 0.4) is 0 Å². The highest BCUT2D eigenvalue weighted by molar-refractivity contribution is 6.32. The van der Waals surface area contributed by atoms with Gasteiger partial charge in [0.25, 0.3) is 5.56 Å². The number of urea groups is 1. The minimum atomic E-state index is -4.86. The first-order valence-corrected chi connectivity index (χ1v) is 10.7. The average Bonchev–Trinajstić information content (AvgIpc) is 3.21. The standard InChI is InChI=1S/C22H14ClF5N4O5/c23-16-10(2-1-3-13(16)22(26,27)28)8-32-18(33)12(19(34)35)9-31(21(32)37)11-6-14(24)17(15(25)7-11)30-5-4-29-20(30)36/h1-3,6-7,9H,4-5,8H2,(H,29,36)(H,34,35). The lowest BCUT2D eigenvalue weighted by molar-refractivity contribution is -0.137. The number of hydrogen-bond donors (Lipinski definition) is 2. The number of hydrogen-bond acceptors (Lipinski definition) is 4. The molecule has 0 saturated carbocycles. The Bertz CT molecular complexity index is 1540. The van der Waals surface area contributed by atoms with Crippen LogP contribution in [0.15, 0.2) is 46.1 Å². The molecule has 2 amide bonds. The van der Waals surface area contributed by atoms with Gasteiger partial charge >= 0.3 is 23.9 Å². The Morgan fingerprint density at radius 2 is 1.76 bits per heavy atom. The molecule has 1 aliphatic heterocycles. The zero-order valence-corrected chi connectivity index (χ0v) is 19.0. The molecule has 15 heteroatoms. The van der Waals surface area contributed by atoms with Gasteiger partial charge in [-0.05, 0) is 11.6 Å². The monoisotopic (exact) mass is 544 g/mol. The van der Waals surface area contributed by atoms with Gasteiger partial charge in [0, 0.05) is 31.4 Å². The van der Waals surface area contributed by atoms with Crippen molar-refractivity contribution in [3.8, 4) is 5.69 Å². The first-order valence-electron chi connectivity index (χ1n) is 10.3. The summed E-state index contributed by atoms with van der Waals surface area (Å²) >= 11 is 5.84. The summed E-state index contributed by atoms with van der Waals surface area (Å²) < 4.78 is 70.1. The van der Waals surface area contributed by atoms with Gasteiger partial charge in [-0.25, -0.2) is 23.2 Å². The Morgan fingerprint density at radius 1 is 1.11 bits per heavy atom. The van der Waals surface area contributed by atoms with Crippen molar-refractivity contribution in [2.45, 2.75) is 12.7 Å². The molecule has 1 aromatic heterocycles. The van der Waals surface area contributed by atoms with Crippen LogP contribution in [-0.4, -0.2) is 39.3 Å². The third kappa shape index (κ3) is 4.67. The molecule has 0 spiro atoms. The molecule has 2 aromatic carbocycles. The number of aromatic carboxylic acids is 1. The highest BCUT2D eigenvalue weighted by atomic mass is 35.5. The van der Waals surface area contributed by atoms with E-state index >= 15 is 0 Å². The van der Waals surface area contributed by atoms with E-state index in [1.54, 1.807) is 0 Å². The second-order valence-corrected chi connectivity index (χ2v) is 8.19. The summed E-state index contributed by atoms with van der Waals surface area (Å²) in [5.41, 5.74) is -6.55. The summed E-state index contributed by atoms with van der Waals surface area (Å²) in [7, 11) is 0. The summed E-state index contributed by atoms with van der Waals surface area (Å²) in [5, 5.41) is 11.0. The molecule has 2 heterocycles. The molecule has 9 nitrogen and oxygen atoms in total. The van der Waals surface area contributed by atoms with Crippen molar-refractivity contribution < 1.29 is 36.6 Å². The van der Waals surface area contributed by atoms with Crippen LogP contribution in [0.2, 0.25) is 5.02 Å². The lowest BCUT2D eigenvalue weighted by Crippen LogP contribution is -2.42. The summed E-state index contributed by atoms with van der Waals surface area (Å²) in [4.78, 5) is 50.1. The number of rotatable bonds is 5. The van der Waals surface area contributed by atoms with Crippen molar-refractivity contribution in [2.75, 3.05) is 18.0 Å². The normalized spacial score (nSPS) is 13.7. The van der Waals surface area contributed by atoms with Crippen LogP contribution in [0.1, 0.15) is 21.5 Å².